The molecule has 156 valence electrons. The molecule has 0 spiro atoms. The molecule has 0 saturated carbocycles. The zero-order chi connectivity index (χ0) is 19.4. The summed E-state index contributed by atoms with van der Waals surface area (Å²) in [6.07, 6.45) is 4.70. The van der Waals surface area contributed by atoms with Gasteiger partial charge >= 0.3 is 0 Å². The van der Waals surface area contributed by atoms with Crippen LogP contribution in [0.1, 0.15) is 37.3 Å². The van der Waals surface area contributed by atoms with Crippen LogP contribution in [0.15, 0.2) is 29.3 Å². The lowest BCUT2D eigenvalue weighted by molar-refractivity contribution is 0.0171. The van der Waals surface area contributed by atoms with Crippen LogP contribution in [-0.2, 0) is 22.4 Å². The Hall–Kier alpha value is -1.63. The second-order valence-corrected chi connectivity index (χ2v) is 7.55. The van der Waals surface area contributed by atoms with Crippen molar-refractivity contribution in [3.05, 3.63) is 35.4 Å². The van der Waals surface area contributed by atoms with Crippen LogP contribution in [0.5, 0.6) is 0 Å². The van der Waals surface area contributed by atoms with Gasteiger partial charge in [0.15, 0.2) is 5.96 Å². The van der Waals surface area contributed by atoms with Gasteiger partial charge in [-0.05, 0) is 43.7 Å². The van der Waals surface area contributed by atoms with Crippen molar-refractivity contribution in [2.24, 2.45) is 4.99 Å². The molecular weight excluding hydrogens is 352 g/mol. The van der Waals surface area contributed by atoms with Gasteiger partial charge in [-0.15, -0.1) is 0 Å². The molecule has 0 amide bonds. The van der Waals surface area contributed by atoms with Crippen molar-refractivity contribution in [2.45, 2.75) is 45.3 Å². The van der Waals surface area contributed by atoms with Crippen molar-refractivity contribution in [1.82, 2.24) is 15.5 Å². The van der Waals surface area contributed by atoms with E-state index >= 15 is 0 Å². The van der Waals surface area contributed by atoms with E-state index in [1.54, 1.807) is 0 Å². The van der Waals surface area contributed by atoms with E-state index in [0.29, 0.717) is 6.10 Å². The largest absolute Gasteiger partial charge is 0.379 e. The van der Waals surface area contributed by atoms with Crippen LogP contribution in [-0.4, -0.2) is 69.5 Å². The van der Waals surface area contributed by atoms with Crippen LogP contribution in [0.25, 0.3) is 0 Å². The summed E-state index contributed by atoms with van der Waals surface area (Å²) in [6.45, 7) is 10.2. The molecule has 2 aliphatic heterocycles. The first-order valence-electron chi connectivity index (χ1n) is 10.9. The highest BCUT2D eigenvalue weighted by atomic mass is 16.5. The summed E-state index contributed by atoms with van der Waals surface area (Å²) in [5.41, 5.74) is 2.97. The third-order valence-corrected chi connectivity index (χ3v) is 5.32. The Labute approximate surface area is 169 Å². The maximum atomic E-state index is 5.71. The van der Waals surface area contributed by atoms with Crippen molar-refractivity contribution in [3.8, 4) is 0 Å². The molecule has 6 heteroatoms. The molecule has 1 saturated heterocycles. The van der Waals surface area contributed by atoms with Crippen LogP contribution in [0.4, 0.5) is 0 Å². The van der Waals surface area contributed by atoms with Gasteiger partial charge < -0.3 is 20.1 Å². The van der Waals surface area contributed by atoms with E-state index in [2.05, 4.69) is 51.7 Å². The summed E-state index contributed by atoms with van der Waals surface area (Å²) >= 11 is 0. The van der Waals surface area contributed by atoms with Gasteiger partial charge in [0.1, 0.15) is 0 Å². The Morgan fingerprint density at radius 1 is 1.29 bits per heavy atom. The number of hydrogen-bond acceptors (Lipinski definition) is 4. The van der Waals surface area contributed by atoms with Crippen molar-refractivity contribution in [2.75, 3.05) is 52.5 Å². The van der Waals surface area contributed by atoms with E-state index in [0.717, 1.165) is 84.3 Å². The molecule has 1 aromatic rings. The van der Waals surface area contributed by atoms with Gasteiger partial charge in [-0.3, -0.25) is 9.89 Å². The molecule has 1 atom stereocenters. The fraction of sp³-hybridized carbons (Fsp3) is 0.682. The van der Waals surface area contributed by atoms with Crippen molar-refractivity contribution >= 4 is 5.96 Å². The summed E-state index contributed by atoms with van der Waals surface area (Å²) in [4.78, 5) is 7.18. The van der Waals surface area contributed by atoms with Gasteiger partial charge in [0.2, 0.25) is 0 Å². The van der Waals surface area contributed by atoms with E-state index in [1.165, 1.54) is 17.5 Å². The van der Waals surface area contributed by atoms with E-state index in [4.69, 9.17) is 9.47 Å². The number of nitrogens with one attached hydrogen (secondary N) is 2. The molecule has 1 unspecified atom stereocenters. The molecule has 0 aromatic heterocycles. The summed E-state index contributed by atoms with van der Waals surface area (Å²) in [5, 5.41) is 6.80. The Kier molecular flexibility index (Phi) is 9.07. The average Bonchev–Trinajstić information content (AvgIpc) is 3.24. The van der Waals surface area contributed by atoms with Gasteiger partial charge in [0.25, 0.3) is 0 Å². The molecule has 1 aromatic carbocycles. The number of aliphatic imine (C=N–C) groups is 1. The van der Waals surface area contributed by atoms with E-state index in [1.807, 2.05) is 0 Å². The minimum Gasteiger partial charge on any atom is -0.379 e. The molecule has 2 N–H and O–H groups in total. The molecule has 0 aliphatic carbocycles. The van der Waals surface area contributed by atoms with Crippen molar-refractivity contribution in [1.29, 1.82) is 0 Å². The predicted octanol–water partition coefficient (Wildman–Crippen LogP) is 2.19. The first-order valence-corrected chi connectivity index (χ1v) is 10.9. The van der Waals surface area contributed by atoms with Crippen molar-refractivity contribution in [3.63, 3.8) is 0 Å². The van der Waals surface area contributed by atoms with Crippen LogP contribution in [0, 0.1) is 0 Å². The molecule has 1 fully saturated rings. The highest BCUT2D eigenvalue weighted by Crippen LogP contribution is 2.17. The average molecular weight is 389 g/mol. The summed E-state index contributed by atoms with van der Waals surface area (Å²) in [5.74, 6) is 0.902. The number of guanidine groups is 1. The number of benzene rings is 1. The molecule has 0 radical (unpaired) electrons. The lowest BCUT2D eigenvalue weighted by Gasteiger charge is -2.28. The van der Waals surface area contributed by atoms with E-state index < -0.39 is 0 Å². The number of fused-ring (bicyclic) bond motifs is 1. The first kappa shape index (κ1) is 21.1. The molecule has 28 heavy (non-hydrogen) atoms. The van der Waals surface area contributed by atoms with E-state index in [-0.39, 0.29) is 0 Å². The number of hydrogen-bond donors (Lipinski definition) is 2. The first-order chi connectivity index (χ1) is 13.8. The van der Waals surface area contributed by atoms with Crippen LogP contribution < -0.4 is 10.6 Å². The lowest BCUT2D eigenvalue weighted by Crippen LogP contribution is -2.42. The normalized spacial score (nSPS) is 20.2. The quantitative estimate of drug-likeness (QED) is 0.366. The Morgan fingerprint density at radius 3 is 3.00 bits per heavy atom. The maximum Gasteiger partial charge on any atom is 0.191 e. The standard InChI is InChI=1S/C22H36N4O2/c1-2-23-22(24-11-6-15-27-18-21-9-5-16-28-21)25-12-14-26-13-10-19-7-3-4-8-20(19)17-26/h3-4,7-8,21H,2,5-6,9-18H2,1H3,(H2,23,24,25). The molecule has 3 rings (SSSR count). The smallest absolute Gasteiger partial charge is 0.191 e. The van der Waals surface area contributed by atoms with Gasteiger partial charge in [0, 0.05) is 52.5 Å². The summed E-state index contributed by atoms with van der Waals surface area (Å²) < 4.78 is 11.3. The van der Waals surface area contributed by atoms with E-state index in [9.17, 15) is 0 Å². The topological polar surface area (TPSA) is 58.1 Å². The van der Waals surface area contributed by atoms with Crippen molar-refractivity contribution < 1.29 is 9.47 Å². The van der Waals surface area contributed by atoms with Gasteiger partial charge in [-0.25, -0.2) is 0 Å². The second kappa shape index (κ2) is 12.0. The molecule has 2 aliphatic rings. The minimum absolute atomic E-state index is 0.309. The number of nitrogens with zero attached hydrogens (tertiary/aromatic N) is 2. The molecule has 6 nitrogen and oxygen atoms in total. The SMILES string of the molecule is CCNC(=NCCCOCC1CCCO1)NCCN1CCc2ccccc2C1. The molecular formula is C22H36N4O2. The lowest BCUT2D eigenvalue weighted by atomic mass is 10.00. The van der Waals surface area contributed by atoms with Crippen LogP contribution in [0.3, 0.4) is 0 Å². The predicted molar refractivity (Wildman–Crippen MR) is 114 cm³/mol. The van der Waals surface area contributed by atoms with Crippen LogP contribution in [0.2, 0.25) is 0 Å². The van der Waals surface area contributed by atoms with Gasteiger partial charge in [-0.2, -0.15) is 0 Å². The van der Waals surface area contributed by atoms with Crippen LogP contribution >= 0.6 is 0 Å². The molecule has 0 bridgehead atoms. The second-order valence-electron chi connectivity index (χ2n) is 7.55. The van der Waals surface area contributed by atoms with Gasteiger partial charge in [-0.1, -0.05) is 24.3 Å². The Balaban J connectivity index is 1.30. The highest BCUT2D eigenvalue weighted by molar-refractivity contribution is 5.79. The fourth-order valence-electron chi connectivity index (χ4n) is 3.77. The molecule has 2 heterocycles. The zero-order valence-electron chi connectivity index (χ0n) is 17.3. The maximum absolute atomic E-state index is 5.71. The highest BCUT2D eigenvalue weighted by Gasteiger charge is 2.16. The summed E-state index contributed by atoms with van der Waals surface area (Å²) in [6, 6.07) is 8.79. The van der Waals surface area contributed by atoms with Gasteiger partial charge in [0.05, 0.1) is 12.7 Å². The third kappa shape index (κ3) is 7.08. The third-order valence-electron chi connectivity index (χ3n) is 5.32. The summed E-state index contributed by atoms with van der Waals surface area (Å²) in [7, 11) is 0. The minimum atomic E-state index is 0.309. The Bertz CT molecular complexity index is 602. The number of rotatable bonds is 10. The Morgan fingerprint density at radius 2 is 2.18 bits per heavy atom. The zero-order valence-corrected chi connectivity index (χ0v) is 17.3. The number of ether oxygens (including phenoxy) is 2. The monoisotopic (exact) mass is 388 g/mol. The fourth-order valence-corrected chi connectivity index (χ4v) is 3.77.